The fourth-order valence-corrected chi connectivity index (χ4v) is 3.15. The van der Waals surface area contributed by atoms with Crippen molar-refractivity contribution in [3.05, 3.63) is 35.7 Å². The quantitative estimate of drug-likeness (QED) is 0.573. The number of nitrogens with zero attached hydrogens (tertiary/aromatic N) is 3. The lowest BCUT2D eigenvalue weighted by molar-refractivity contribution is 0.102. The van der Waals surface area contributed by atoms with E-state index >= 15 is 0 Å². The summed E-state index contributed by atoms with van der Waals surface area (Å²) in [5.74, 6) is -0.350. The molecule has 2 N–H and O–H groups in total. The molecule has 2 aromatic heterocycles. The molecule has 8 heteroatoms. The van der Waals surface area contributed by atoms with Gasteiger partial charge in [-0.2, -0.15) is 0 Å². The average molecular weight is 320 g/mol. The van der Waals surface area contributed by atoms with Crippen LogP contribution in [0.25, 0.3) is 4.96 Å². The molecule has 0 saturated carbocycles. The van der Waals surface area contributed by atoms with Crippen molar-refractivity contribution in [2.45, 2.75) is 11.3 Å². The number of aromatic hydroxyl groups is 1. The number of aromatic nitrogens is 3. The van der Waals surface area contributed by atoms with Crippen molar-refractivity contribution in [3.63, 3.8) is 0 Å². The van der Waals surface area contributed by atoms with Crippen LogP contribution in [0.5, 0.6) is 5.75 Å². The fraction of sp³-hybridized carbons (Fsp3) is 0.154. The molecule has 0 bridgehead atoms. The van der Waals surface area contributed by atoms with Crippen LogP contribution in [0.15, 0.2) is 28.7 Å². The zero-order chi connectivity index (χ0) is 15.0. The number of aryl methyl sites for hydroxylation is 1. The molecule has 108 valence electrons. The molecule has 0 atom stereocenters. The Kier molecular flexibility index (Phi) is 3.56. The summed E-state index contributed by atoms with van der Waals surface area (Å²) in [6.07, 6.45) is 3.51. The van der Waals surface area contributed by atoms with Gasteiger partial charge in [0.25, 0.3) is 5.91 Å². The summed E-state index contributed by atoms with van der Waals surface area (Å²) in [5.41, 5.74) is 1.58. The number of carbonyl (C=O) groups is 1. The normalized spacial score (nSPS) is 11.0. The second kappa shape index (κ2) is 5.38. The lowest BCUT2D eigenvalue weighted by atomic mass is 10.2. The second-order valence-electron chi connectivity index (χ2n) is 4.40. The maximum atomic E-state index is 12.2. The van der Waals surface area contributed by atoms with Crippen LogP contribution in [0.3, 0.4) is 0 Å². The van der Waals surface area contributed by atoms with Gasteiger partial charge in [0, 0.05) is 0 Å². The molecule has 6 nitrogen and oxygen atoms in total. The SMILES string of the molecule is CSc1nn2cc(C(=O)Nc3cc(C)ccc3O)nc2s1. The van der Waals surface area contributed by atoms with Gasteiger partial charge in [0.15, 0.2) is 4.34 Å². The maximum Gasteiger partial charge on any atom is 0.276 e. The van der Waals surface area contributed by atoms with Crippen LogP contribution < -0.4 is 5.32 Å². The lowest BCUT2D eigenvalue weighted by Crippen LogP contribution is -2.12. The Morgan fingerprint density at radius 2 is 2.29 bits per heavy atom. The summed E-state index contributed by atoms with van der Waals surface area (Å²) < 4.78 is 2.47. The molecule has 0 unspecified atom stereocenters. The largest absolute Gasteiger partial charge is 0.506 e. The number of imidazole rings is 1. The number of benzene rings is 1. The monoisotopic (exact) mass is 320 g/mol. The summed E-state index contributed by atoms with van der Waals surface area (Å²) in [7, 11) is 0. The molecule has 0 saturated heterocycles. The predicted octanol–water partition coefficient (Wildman–Crippen LogP) is 2.78. The van der Waals surface area contributed by atoms with Gasteiger partial charge in [-0.1, -0.05) is 29.2 Å². The summed E-state index contributed by atoms with van der Waals surface area (Å²) in [6, 6.07) is 5.02. The van der Waals surface area contributed by atoms with Crippen LogP contribution in [0.2, 0.25) is 0 Å². The third-order valence-electron chi connectivity index (χ3n) is 2.83. The van der Waals surface area contributed by atoms with Gasteiger partial charge >= 0.3 is 0 Å². The predicted molar refractivity (Wildman–Crippen MR) is 83.4 cm³/mol. The number of amides is 1. The van der Waals surface area contributed by atoms with E-state index in [0.717, 1.165) is 9.90 Å². The molecular formula is C13H12N4O2S2. The third kappa shape index (κ3) is 2.72. The van der Waals surface area contributed by atoms with E-state index in [9.17, 15) is 9.90 Å². The number of rotatable bonds is 3. The summed E-state index contributed by atoms with van der Waals surface area (Å²) in [5, 5.41) is 16.7. The highest BCUT2D eigenvalue weighted by atomic mass is 32.2. The van der Waals surface area contributed by atoms with E-state index in [2.05, 4.69) is 15.4 Å². The molecule has 0 radical (unpaired) electrons. The topological polar surface area (TPSA) is 79.5 Å². The summed E-state index contributed by atoms with van der Waals surface area (Å²) in [4.78, 5) is 17.1. The molecule has 1 aromatic carbocycles. The molecule has 3 aromatic rings. The highest BCUT2D eigenvalue weighted by Crippen LogP contribution is 2.25. The summed E-state index contributed by atoms with van der Waals surface area (Å²) in [6.45, 7) is 1.88. The second-order valence-corrected chi connectivity index (χ2v) is 6.41. The van der Waals surface area contributed by atoms with E-state index in [1.807, 2.05) is 13.2 Å². The van der Waals surface area contributed by atoms with Crippen molar-refractivity contribution in [3.8, 4) is 5.75 Å². The smallest absolute Gasteiger partial charge is 0.276 e. The van der Waals surface area contributed by atoms with Crippen LogP contribution in [0.4, 0.5) is 5.69 Å². The highest BCUT2D eigenvalue weighted by molar-refractivity contribution is 8.00. The molecule has 0 aliphatic carbocycles. The minimum atomic E-state index is -0.376. The van der Waals surface area contributed by atoms with E-state index in [0.29, 0.717) is 10.6 Å². The molecule has 2 heterocycles. The number of hydrogen-bond donors (Lipinski definition) is 2. The lowest BCUT2D eigenvalue weighted by Gasteiger charge is -2.06. The number of hydrogen-bond acceptors (Lipinski definition) is 6. The first-order valence-electron chi connectivity index (χ1n) is 6.08. The van der Waals surface area contributed by atoms with Gasteiger partial charge in [-0.15, -0.1) is 5.10 Å². The number of phenolic OH excluding ortho intramolecular Hbond substituents is 1. The number of phenols is 1. The number of nitrogens with one attached hydrogen (secondary N) is 1. The standard InChI is InChI=1S/C13H12N4O2S2/c1-7-3-4-10(18)8(5-7)14-11(19)9-6-17-12(15-9)21-13(16-17)20-2/h3-6,18H,1-2H3,(H,14,19). The van der Waals surface area contributed by atoms with Gasteiger partial charge < -0.3 is 10.4 Å². The molecule has 1 amide bonds. The first kappa shape index (κ1) is 13.9. The first-order chi connectivity index (χ1) is 10.1. The van der Waals surface area contributed by atoms with E-state index in [-0.39, 0.29) is 17.4 Å². The number of anilines is 1. The Morgan fingerprint density at radius 1 is 1.48 bits per heavy atom. The van der Waals surface area contributed by atoms with Crippen LogP contribution in [0.1, 0.15) is 16.1 Å². The molecular weight excluding hydrogens is 308 g/mol. The first-order valence-corrected chi connectivity index (χ1v) is 8.12. The van der Waals surface area contributed by atoms with Crippen LogP contribution in [-0.4, -0.2) is 31.9 Å². The van der Waals surface area contributed by atoms with Gasteiger partial charge in [-0.25, -0.2) is 9.50 Å². The van der Waals surface area contributed by atoms with E-state index in [1.165, 1.54) is 23.1 Å². The Morgan fingerprint density at radius 3 is 3.00 bits per heavy atom. The van der Waals surface area contributed by atoms with Gasteiger partial charge in [0.2, 0.25) is 4.96 Å². The number of carbonyl (C=O) groups excluding carboxylic acids is 1. The van der Waals surface area contributed by atoms with Crippen molar-refractivity contribution in [1.29, 1.82) is 0 Å². The molecule has 21 heavy (non-hydrogen) atoms. The van der Waals surface area contributed by atoms with Gasteiger partial charge in [-0.3, -0.25) is 4.79 Å². The van der Waals surface area contributed by atoms with Gasteiger partial charge in [0.05, 0.1) is 11.9 Å². The van der Waals surface area contributed by atoms with Crippen molar-refractivity contribution >= 4 is 39.7 Å². The van der Waals surface area contributed by atoms with Gasteiger partial charge in [-0.05, 0) is 30.9 Å². The fourth-order valence-electron chi connectivity index (χ4n) is 1.81. The average Bonchev–Trinajstić information content (AvgIpc) is 3.00. The minimum Gasteiger partial charge on any atom is -0.506 e. The van der Waals surface area contributed by atoms with E-state index in [1.54, 1.807) is 28.9 Å². The molecule has 0 aliphatic heterocycles. The number of fused-ring (bicyclic) bond motifs is 1. The number of thioether (sulfide) groups is 1. The molecule has 0 fully saturated rings. The third-order valence-corrected chi connectivity index (χ3v) is 4.73. The van der Waals surface area contributed by atoms with Crippen molar-refractivity contribution < 1.29 is 9.90 Å². The Bertz CT molecular complexity index is 793. The molecule has 0 aliphatic rings. The van der Waals surface area contributed by atoms with Crippen molar-refractivity contribution in [2.24, 2.45) is 0 Å². The van der Waals surface area contributed by atoms with E-state index in [4.69, 9.17) is 0 Å². The Balaban J connectivity index is 1.86. The Labute approximate surface area is 128 Å². The zero-order valence-electron chi connectivity index (χ0n) is 11.3. The zero-order valence-corrected chi connectivity index (χ0v) is 13.0. The van der Waals surface area contributed by atoms with Crippen LogP contribution >= 0.6 is 23.1 Å². The van der Waals surface area contributed by atoms with Crippen LogP contribution in [0, 0.1) is 6.92 Å². The molecule has 0 spiro atoms. The van der Waals surface area contributed by atoms with Crippen molar-refractivity contribution in [1.82, 2.24) is 14.6 Å². The minimum absolute atomic E-state index is 0.0257. The Hall–Kier alpha value is -2.06. The van der Waals surface area contributed by atoms with Crippen LogP contribution in [-0.2, 0) is 0 Å². The van der Waals surface area contributed by atoms with Crippen molar-refractivity contribution in [2.75, 3.05) is 11.6 Å². The highest BCUT2D eigenvalue weighted by Gasteiger charge is 2.15. The molecule has 3 rings (SSSR count). The summed E-state index contributed by atoms with van der Waals surface area (Å²) >= 11 is 2.95. The maximum absolute atomic E-state index is 12.2. The van der Waals surface area contributed by atoms with Gasteiger partial charge in [0.1, 0.15) is 11.4 Å². The van der Waals surface area contributed by atoms with E-state index < -0.39 is 0 Å².